The lowest BCUT2D eigenvalue weighted by atomic mass is 9.86. The third kappa shape index (κ3) is 4.47. The lowest BCUT2D eigenvalue weighted by molar-refractivity contribution is -0.134. The van der Waals surface area contributed by atoms with Gasteiger partial charge in [0.1, 0.15) is 0 Å². The number of nitrogens with zero attached hydrogens (tertiary/aromatic N) is 3. The lowest BCUT2D eigenvalue weighted by Crippen LogP contribution is -2.48. The Morgan fingerprint density at radius 2 is 1.86 bits per heavy atom. The zero-order chi connectivity index (χ0) is 25.2. The zero-order valence-electron chi connectivity index (χ0n) is 20.6. The summed E-state index contributed by atoms with van der Waals surface area (Å²) >= 11 is 0. The van der Waals surface area contributed by atoms with Crippen molar-refractivity contribution < 1.29 is 19.4 Å². The van der Waals surface area contributed by atoms with E-state index in [-0.39, 0.29) is 30.5 Å². The maximum absolute atomic E-state index is 13.5. The van der Waals surface area contributed by atoms with Crippen molar-refractivity contribution in [3.8, 4) is 11.1 Å². The molecular weight excluding hydrogens is 460 g/mol. The van der Waals surface area contributed by atoms with Gasteiger partial charge in [-0.25, -0.2) is 0 Å². The summed E-state index contributed by atoms with van der Waals surface area (Å²) in [6.07, 6.45) is 0.809. The van der Waals surface area contributed by atoms with Gasteiger partial charge >= 0.3 is 0 Å². The number of ether oxygens (including phenoxy) is 1. The Labute approximate surface area is 210 Å². The molecule has 4 atom stereocenters. The Hall–Kier alpha value is -3.01. The van der Waals surface area contributed by atoms with Crippen molar-refractivity contribution in [3.63, 3.8) is 0 Å². The Kier molecular flexibility index (Phi) is 7.22. The molecule has 5 rings (SSSR count). The number of rotatable bonds is 7. The first-order valence-electron chi connectivity index (χ1n) is 12.8. The van der Waals surface area contributed by atoms with Crippen LogP contribution in [0.1, 0.15) is 25.1 Å². The molecule has 9 nitrogen and oxygen atoms in total. The number of morpholine rings is 1. The van der Waals surface area contributed by atoms with Crippen molar-refractivity contribution in [2.45, 2.75) is 32.0 Å². The third-order valence-electron chi connectivity index (χ3n) is 7.85. The van der Waals surface area contributed by atoms with E-state index in [0.717, 1.165) is 44.8 Å². The van der Waals surface area contributed by atoms with Gasteiger partial charge in [0, 0.05) is 56.9 Å². The van der Waals surface area contributed by atoms with Gasteiger partial charge in [-0.1, -0.05) is 30.3 Å². The number of hydrogen-bond donors (Lipinski definition) is 2. The summed E-state index contributed by atoms with van der Waals surface area (Å²) in [6.45, 7) is 6.19. The van der Waals surface area contributed by atoms with Gasteiger partial charge < -0.3 is 24.6 Å². The van der Waals surface area contributed by atoms with Crippen LogP contribution in [0, 0.1) is 11.8 Å². The van der Waals surface area contributed by atoms with E-state index >= 15 is 0 Å². The van der Waals surface area contributed by atoms with Crippen molar-refractivity contribution in [1.82, 2.24) is 19.7 Å². The van der Waals surface area contributed by atoms with Crippen LogP contribution in [-0.4, -0.2) is 83.3 Å². The van der Waals surface area contributed by atoms with Crippen molar-refractivity contribution in [3.05, 3.63) is 58.5 Å². The number of hydrogen-bond acceptors (Lipinski definition) is 6. The summed E-state index contributed by atoms with van der Waals surface area (Å²) in [7, 11) is 0. The predicted octanol–water partition coefficient (Wildman–Crippen LogP) is 0.864. The largest absolute Gasteiger partial charge is 0.396 e. The SMILES string of the molecule is CC(=O)N1[C@@H]2Cn3c(ccc(-c4ccccc4)c3=O)[C@H]1[C@@H](C(=O)NCCCN1CCOCC1)[C@@H]2CO. The number of aliphatic hydroxyl groups excluding tert-OH is 1. The number of benzene rings is 1. The molecular formula is C27H34N4O5. The highest BCUT2D eigenvalue weighted by atomic mass is 16.5. The Morgan fingerprint density at radius 3 is 2.56 bits per heavy atom. The van der Waals surface area contributed by atoms with Crippen LogP contribution in [0.3, 0.4) is 0 Å². The van der Waals surface area contributed by atoms with E-state index in [2.05, 4.69) is 10.2 Å². The Balaban J connectivity index is 1.40. The van der Waals surface area contributed by atoms with Crippen LogP contribution < -0.4 is 10.9 Å². The fourth-order valence-corrected chi connectivity index (χ4v) is 6.13. The van der Waals surface area contributed by atoms with Gasteiger partial charge in [0.25, 0.3) is 5.56 Å². The molecule has 3 aliphatic heterocycles. The number of amides is 2. The lowest BCUT2D eigenvalue weighted by Gasteiger charge is -2.37. The van der Waals surface area contributed by atoms with E-state index in [0.29, 0.717) is 17.8 Å². The number of aliphatic hydroxyl groups is 1. The van der Waals surface area contributed by atoms with E-state index in [1.54, 1.807) is 15.5 Å². The van der Waals surface area contributed by atoms with Crippen LogP contribution in [0.5, 0.6) is 0 Å². The summed E-state index contributed by atoms with van der Waals surface area (Å²) in [5, 5.41) is 13.4. The van der Waals surface area contributed by atoms with E-state index in [1.807, 2.05) is 36.4 Å². The van der Waals surface area contributed by atoms with Crippen molar-refractivity contribution >= 4 is 11.8 Å². The van der Waals surface area contributed by atoms with Crippen molar-refractivity contribution in [2.24, 2.45) is 11.8 Å². The molecule has 2 fully saturated rings. The van der Waals surface area contributed by atoms with Gasteiger partial charge in [-0.15, -0.1) is 0 Å². The minimum Gasteiger partial charge on any atom is -0.396 e. The quantitative estimate of drug-likeness (QED) is 0.554. The maximum Gasteiger partial charge on any atom is 0.258 e. The van der Waals surface area contributed by atoms with Gasteiger partial charge in [-0.05, 0) is 30.7 Å². The number of aromatic nitrogens is 1. The predicted molar refractivity (Wildman–Crippen MR) is 134 cm³/mol. The summed E-state index contributed by atoms with van der Waals surface area (Å²) < 4.78 is 7.08. The topological polar surface area (TPSA) is 104 Å². The molecule has 36 heavy (non-hydrogen) atoms. The molecule has 2 saturated heterocycles. The normalized spacial score (nSPS) is 25.4. The van der Waals surface area contributed by atoms with E-state index in [4.69, 9.17) is 4.74 Å². The van der Waals surface area contributed by atoms with Gasteiger partial charge in [-0.3, -0.25) is 19.3 Å². The molecule has 2 bridgehead atoms. The molecule has 2 aromatic rings. The molecule has 1 aromatic carbocycles. The molecule has 0 radical (unpaired) electrons. The molecule has 0 spiro atoms. The Bertz CT molecular complexity index is 1160. The second-order valence-corrected chi connectivity index (χ2v) is 9.86. The minimum absolute atomic E-state index is 0.139. The maximum atomic E-state index is 13.5. The van der Waals surface area contributed by atoms with Crippen molar-refractivity contribution in [1.29, 1.82) is 0 Å². The summed E-state index contributed by atoms with van der Waals surface area (Å²) in [5.74, 6) is -1.40. The molecule has 1 aromatic heterocycles. The molecule has 0 saturated carbocycles. The van der Waals surface area contributed by atoms with Crippen LogP contribution in [0.25, 0.3) is 11.1 Å². The first kappa shape index (κ1) is 24.7. The summed E-state index contributed by atoms with van der Waals surface area (Å²) in [6, 6.07) is 12.1. The minimum atomic E-state index is -0.622. The first-order valence-corrected chi connectivity index (χ1v) is 12.8. The van der Waals surface area contributed by atoms with E-state index in [9.17, 15) is 19.5 Å². The highest BCUT2D eigenvalue weighted by Gasteiger charge is 2.56. The number of nitrogens with one attached hydrogen (secondary N) is 1. The molecule has 2 amide bonds. The van der Waals surface area contributed by atoms with E-state index in [1.165, 1.54) is 6.92 Å². The standard InChI is InChI=1S/C27H34N4O5/c1-18(33)31-23-16-30-22(9-8-20(27(30)35)19-6-3-2-4-7-19)25(31)24(21(23)17-32)26(34)28-10-5-11-29-12-14-36-15-13-29/h2-4,6-9,21,23-25,32H,5,10-17H2,1H3,(H,28,34)/t21-,23-,24+,25+/m1/s1. The summed E-state index contributed by atoms with van der Waals surface area (Å²) in [5.41, 5.74) is 1.92. The first-order chi connectivity index (χ1) is 17.5. The number of fused-ring (bicyclic) bond motifs is 4. The van der Waals surface area contributed by atoms with Crippen LogP contribution in [0.4, 0.5) is 0 Å². The number of carbonyl (C=O) groups excluding carboxylic acids is 2. The third-order valence-corrected chi connectivity index (χ3v) is 7.85. The Morgan fingerprint density at radius 1 is 1.11 bits per heavy atom. The monoisotopic (exact) mass is 494 g/mol. The van der Waals surface area contributed by atoms with Gasteiger partial charge in [0.15, 0.2) is 0 Å². The fraction of sp³-hybridized carbons (Fsp3) is 0.519. The van der Waals surface area contributed by atoms with Crippen LogP contribution >= 0.6 is 0 Å². The van der Waals surface area contributed by atoms with E-state index < -0.39 is 23.9 Å². The second kappa shape index (κ2) is 10.5. The van der Waals surface area contributed by atoms with Gasteiger partial charge in [-0.2, -0.15) is 0 Å². The molecule has 2 N–H and O–H groups in total. The van der Waals surface area contributed by atoms with Gasteiger partial charge in [0.05, 0.1) is 31.2 Å². The van der Waals surface area contributed by atoms with Crippen LogP contribution in [0.15, 0.2) is 47.3 Å². The number of pyridine rings is 1. The van der Waals surface area contributed by atoms with Gasteiger partial charge in [0.2, 0.25) is 11.8 Å². The smallest absolute Gasteiger partial charge is 0.258 e. The summed E-state index contributed by atoms with van der Waals surface area (Å²) in [4.78, 5) is 43.7. The molecule has 9 heteroatoms. The molecule has 0 aliphatic carbocycles. The molecule has 192 valence electrons. The highest BCUT2D eigenvalue weighted by Crippen LogP contribution is 2.48. The highest BCUT2D eigenvalue weighted by molar-refractivity contribution is 5.83. The second-order valence-electron chi connectivity index (χ2n) is 9.86. The average molecular weight is 495 g/mol. The van der Waals surface area contributed by atoms with Crippen LogP contribution in [0.2, 0.25) is 0 Å². The molecule has 3 aliphatic rings. The zero-order valence-corrected chi connectivity index (χ0v) is 20.6. The average Bonchev–Trinajstić information content (AvgIpc) is 3.15. The van der Waals surface area contributed by atoms with Crippen molar-refractivity contribution in [2.75, 3.05) is 46.0 Å². The number of carbonyl (C=O) groups is 2. The fourth-order valence-electron chi connectivity index (χ4n) is 6.13. The van der Waals surface area contributed by atoms with Crippen LogP contribution in [-0.2, 0) is 20.9 Å². The molecule has 0 unspecified atom stereocenters. The molecule has 4 heterocycles.